The number of hydrogen-bond donors (Lipinski definition) is 1. The number of nitrogens with zero attached hydrogens (tertiary/aromatic N) is 2. The first-order valence-corrected chi connectivity index (χ1v) is 6.34. The van der Waals surface area contributed by atoms with E-state index in [1.807, 2.05) is 6.92 Å². The number of hydrogen-bond acceptors (Lipinski definition) is 4. The molecule has 0 unspecified atom stereocenters. The van der Waals surface area contributed by atoms with E-state index in [1.54, 1.807) is 4.90 Å². The standard InChI is InChI=1S/C12H14ClN3O3/c1-8-7-15(6-5-14-8)12(17)11-9(13)3-2-4-10(11)16(18)19/h2-4,8,14H,5-7H2,1H3/t8-/m1/s1. The molecule has 6 nitrogen and oxygen atoms in total. The largest absolute Gasteiger partial charge is 0.336 e. The Morgan fingerprint density at radius 1 is 1.58 bits per heavy atom. The van der Waals surface area contributed by atoms with Crippen molar-refractivity contribution in [3.63, 3.8) is 0 Å². The van der Waals surface area contributed by atoms with Gasteiger partial charge in [-0.2, -0.15) is 0 Å². The minimum Gasteiger partial charge on any atom is -0.336 e. The number of carbonyl (C=O) groups excluding carboxylic acids is 1. The number of nitro groups is 1. The molecular formula is C12H14ClN3O3. The van der Waals surface area contributed by atoms with Gasteiger partial charge in [-0.25, -0.2) is 0 Å². The zero-order chi connectivity index (χ0) is 14.0. The van der Waals surface area contributed by atoms with Crippen molar-refractivity contribution in [3.05, 3.63) is 38.9 Å². The van der Waals surface area contributed by atoms with Crippen molar-refractivity contribution in [2.45, 2.75) is 13.0 Å². The molecule has 1 N–H and O–H groups in total. The van der Waals surface area contributed by atoms with Crippen LogP contribution in [0, 0.1) is 10.1 Å². The second-order valence-electron chi connectivity index (χ2n) is 4.50. The van der Waals surface area contributed by atoms with Crippen molar-refractivity contribution in [1.82, 2.24) is 10.2 Å². The van der Waals surface area contributed by atoms with Gasteiger partial charge in [-0.15, -0.1) is 0 Å². The quantitative estimate of drug-likeness (QED) is 0.662. The number of carbonyl (C=O) groups is 1. The molecule has 0 radical (unpaired) electrons. The molecule has 2 rings (SSSR count). The molecule has 1 aromatic carbocycles. The Kier molecular flexibility index (Phi) is 4.01. The summed E-state index contributed by atoms with van der Waals surface area (Å²) in [6.07, 6.45) is 0. The Balaban J connectivity index is 2.35. The van der Waals surface area contributed by atoms with Crippen LogP contribution in [0.2, 0.25) is 5.02 Å². The van der Waals surface area contributed by atoms with Crippen LogP contribution >= 0.6 is 11.6 Å². The topological polar surface area (TPSA) is 75.5 Å². The van der Waals surface area contributed by atoms with Crippen molar-refractivity contribution in [1.29, 1.82) is 0 Å². The van der Waals surface area contributed by atoms with E-state index in [0.29, 0.717) is 19.6 Å². The van der Waals surface area contributed by atoms with E-state index in [4.69, 9.17) is 11.6 Å². The number of halogens is 1. The summed E-state index contributed by atoms with van der Waals surface area (Å²) in [4.78, 5) is 24.4. The van der Waals surface area contributed by atoms with E-state index in [-0.39, 0.29) is 28.2 Å². The van der Waals surface area contributed by atoms with Gasteiger partial charge in [0.05, 0.1) is 9.95 Å². The molecule has 7 heteroatoms. The molecule has 19 heavy (non-hydrogen) atoms. The van der Waals surface area contributed by atoms with E-state index in [0.717, 1.165) is 0 Å². The fraction of sp³-hybridized carbons (Fsp3) is 0.417. The number of piperazine rings is 1. The van der Waals surface area contributed by atoms with Gasteiger partial charge in [0.1, 0.15) is 5.56 Å². The van der Waals surface area contributed by atoms with E-state index in [2.05, 4.69) is 5.32 Å². The molecule has 102 valence electrons. The van der Waals surface area contributed by atoms with Crippen LogP contribution < -0.4 is 5.32 Å². The Bertz CT molecular complexity index is 521. The number of rotatable bonds is 2. The van der Waals surface area contributed by atoms with Gasteiger partial charge in [0.15, 0.2) is 0 Å². The lowest BCUT2D eigenvalue weighted by Crippen LogP contribution is -2.51. The monoisotopic (exact) mass is 283 g/mol. The lowest BCUT2D eigenvalue weighted by atomic mass is 10.1. The summed E-state index contributed by atoms with van der Waals surface area (Å²) in [7, 11) is 0. The van der Waals surface area contributed by atoms with Crippen molar-refractivity contribution in [2.75, 3.05) is 19.6 Å². The average molecular weight is 284 g/mol. The number of nitro benzene ring substituents is 1. The Labute approximate surface area is 115 Å². The first kappa shape index (κ1) is 13.8. The van der Waals surface area contributed by atoms with Gasteiger partial charge < -0.3 is 10.2 Å². The van der Waals surface area contributed by atoms with Crippen molar-refractivity contribution in [2.24, 2.45) is 0 Å². The highest BCUT2D eigenvalue weighted by Gasteiger charge is 2.29. The molecule has 1 aliphatic rings. The SMILES string of the molecule is C[C@@H]1CN(C(=O)c2c(Cl)cccc2[N+](=O)[O-])CCN1. The molecule has 0 aliphatic carbocycles. The maximum Gasteiger partial charge on any atom is 0.283 e. The molecule has 0 spiro atoms. The molecule has 0 aromatic heterocycles. The predicted molar refractivity (Wildman–Crippen MR) is 71.5 cm³/mol. The minimum atomic E-state index is -0.579. The third kappa shape index (κ3) is 2.85. The smallest absolute Gasteiger partial charge is 0.283 e. The van der Waals surface area contributed by atoms with Crippen LogP contribution in [0.1, 0.15) is 17.3 Å². The van der Waals surface area contributed by atoms with Crippen LogP contribution in [0.4, 0.5) is 5.69 Å². The summed E-state index contributed by atoms with van der Waals surface area (Å²) in [5, 5.41) is 14.3. The van der Waals surface area contributed by atoms with Crippen molar-refractivity contribution < 1.29 is 9.72 Å². The molecule has 1 amide bonds. The Morgan fingerprint density at radius 2 is 2.32 bits per heavy atom. The second-order valence-corrected chi connectivity index (χ2v) is 4.90. The van der Waals surface area contributed by atoms with E-state index < -0.39 is 4.92 Å². The van der Waals surface area contributed by atoms with Gasteiger partial charge in [0, 0.05) is 31.7 Å². The van der Waals surface area contributed by atoms with Crippen molar-refractivity contribution >= 4 is 23.2 Å². The van der Waals surface area contributed by atoms with E-state index >= 15 is 0 Å². The zero-order valence-electron chi connectivity index (χ0n) is 10.4. The predicted octanol–water partition coefficient (Wildman–Crippen LogP) is 1.68. The normalized spacial score (nSPS) is 19.3. The average Bonchev–Trinajstić information content (AvgIpc) is 2.37. The summed E-state index contributed by atoms with van der Waals surface area (Å²) in [6, 6.07) is 4.43. The van der Waals surface area contributed by atoms with Gasteiger partial charge in [0.25, 0.3) is 11.6 Å². The minimum absolute atomic E-state index is 0.0248. The highest BCUT2D eigenvalue weighted by atomic mass is 35.5. The van der Waals surface area contributed by atoms with Crippen LogP contribution in [-0.4, -0.2) is 41.4 Å². The zero-order valence-corrected chi connectivity index (χ0v) is 11.2. The second kappa shape index (κ2) is 5.54. The lowest BCUT2D eigenvalue weighted by Gasteiger charge is -2.32. The summed E-state index contributed by atoms with van der Waals surface area (Å²) in [5.41, 5.74) is -0.271. The van der Waals surface area contributed by atoms with Crippen LogP contribution in [0.25, 0.3) is 0 Å². The summed E-state index contributed by atoms with van der Waals surface area (Å²) < 4.78 is 0. The number of benzene rings is 1. The van der Waals surface area contributed by atoms with Gasteiger partial charge in [-0.1, -0.05) is 17.7 Å². The third-order valence-corrected chi connectivity index (χ3v) is 3.37. The molecular weight excluding hydrogens is 270 g/mol. The van der Waals surface area contributed by atoms with Gasteiger partial charge in [-0.3, -0.25) is 14.9 Å². The third-order valence-electron chi connectivity index (χ3n) is 3.06. The van der Waals surface area contributed by atoms with Gasteiger partial charge >= 0.3 is 0 Å². The first-order chi connectivity index (χ1) is 9.00. The first-order valence-electron chi connectivity index (χ1n) is 5.96. The van der Waals surface area contributed by atoms with Crippen molar-refractivity contribution in [3.8, 4) is 0 Å². The summed E-state index contributed by atoms with van der Waals surface area (Å²) in [5.74, 6) is -0.384. The highest BCUT2D eigenvalue weighted by molar-refractivity contribution is 6.34. The molecule has 0 bridgehead atoms. The van der Waals surface area contributed by atoms with Crippen LogP contribution in [0.15, 0.2) is 18.2 Å². The van der Waals surface area contributed by atoms with Crippen LogP contribution in [0.3, 0.4) is 0 Å². The molecule has 0 saturated carbocycles. The van der Waals surface area contributed by atoms with E-state index in [1.165, 1.54) is 18.2 Å². The van der Waals surface area contributed by atoms with Gasteiger partial charge in [-0.05, 0) is 13.0 Å². The molecule has 1 aliphatic heterocycles. The van der Waals surface area contributed by atoms with Crippen LogP contribution in [0.5, 0.6) is 0 Å². The molecule has 1 aromatic rings. The maximum absolute atomic E-state index is 12.4. The molecule has 1 atom stereocenters. The number of amides is 1. The Morgan fingerprint density at radius 3 is 2.95 bits per heavy atom. The van der Waals surface area contributed by atoms with Gasteiger partial charge in [0.2, 0.25) is 0 Å². The fourth-order valence-electron chi connectivity index (χ4n) is 2.15. The molecule has 1 fully saturated rings. The lowest BCUT2D eigenvalue weighted by molar-refractivity contribution is -0.385. The van der Waals surface area contributed by atoms with Crippen LogP contribution in [-0.2, 0) is 0 Å². The summed E-state index contributed by atoms with van der Waals surface area (Å²) >= 11 is 5.96. The maximum atomic E-state index is 12.4. The van der Waals surface area contributed by atoms with E-state index in [9.17, 15) is 14.9 Å². The summed E-state index contributed by atoms with van der Waals surface area (Å²) in [6.45, 7) is 3.67. The highest BCUT2D eigenvalue weighted by Crippen LogP contribution is 2.27. The fourth-order valence-corrected chi connectivity index (χ4v) is 2.40. The Hall–Kier alpha value is -1.66. The molecule has 1 saturated heterocycles. The number of nitrogens with one attached hydrogen (secondary N) is 1. The molecule has 1 heterocycles.